The maximum Gasteiger partial charge on any atom is 0.356 e. The largest absolute Gasteiger partial charge is 0.356 e. The third kappa shape index (κ3) is 20.3. The summed E-state index contributed by atoms with van der Waals surface area (Å²) < 4.78 is 111. The molecule has 0 aliphatic heterocycles. The van der Waals surface area contributed by atoms with Crippen LogP contribution in [0.4, 0.5) is 0 Å². The van der Waals surface area contributed by atoms with Crippen molar-refractivity contribution < 1.29 is 105 Å². The molecule has 0 amide bonds. The Morgan fingerprint density at radius 1 is 0.343 bits per heavy atom. The molecule has 0 heterocycles. The van der Waals surface area contributed by atoms with Crippen molar-refractivity contribution in [1.82, 2.24) is 9.80 Å². The lowest BCUT2D eigenvalue weighted by Crippen LogP contribution is -2.54. The van der Waals surface area contributed by atoms with Crippen molar-refractivity contribution in [3.05, 3.63) is 0 Å². The summed E-state index contributed by atoms with van der Waals surface area (Å²) in [5.41, 5.74) is -7.20. The monoisotopic (exact) mass is 1150 g/mol. The van der Waals surface area contributed by atoms with Crippen LogP contribution in [0, 0.1) is 0 Å². The summed E-state index contributed by atoms with van der Waals surface area (Å²) >= 11 is -1.34. The van der Waals surface area contributed by atoms with Crippen LogP contribution in [-0.4, -0.2) is 112 Å². The molecule has 0 radical (unpaired) electrons. The fourth-order valence-corrected chi connectivity index (χ4v) is 33.9. The first-order valence-corrected chi connectivity index (χ1v) is 38.0. The Morgan fingerprint density at radius 2 is 0.552 bits per heavy atom. The van der Waals surface area contributed by atoms with Crippen molar-refractivity contribution in [3.63, 3.8) is 0 Å². The highest BCUT2D eigenvalue weighted by Gasteiger charge is 2.75. The third-order valence-electron chi connectivity index (χ3n) is 11.4. The van der Waals surface area contributed by atoms with Gasteiger partial charge in [0.1, 0.15) is 0 Å². The summed E-state index contributed by atoms with van der Waals surface area (Å²) in [6.07, 6.45) is 7.44. The van der Waals surface area contributed by atoms with E-state index in [-0.39, 0.29) is 22.6 Å². The summed E-state index contributed by atoms with van der Waals surface area (Å²) in [6, 6.07) is 0. The minimum absolute atomic E-state index is 0.0453. The van der Waals surface area contributed by atoms with E-state index in [0.717, 1.165) is 64.2 Å². The van der Waals surface area contributed by atoms with Crippen LogP contribution in [0.1, 0.15) is 182 Å². The molecular formula is C34H80N2O22P8S. The highest BCUT2D eigenvalue weighted by molar-refractivity contribution is 8.87. The lowest BCUT2D eigenvalue weighted by atomic mass is 10.1. The molecule has 0 rings (SSSR count). The van der Waals surface area contributed by atoms with E-state index >= 15 is 9.13 Å². The van der Waals surface area contributed by atoms with Gasteiger partial charge in [0.05, 0.1) is 0 Å². The van der Waals surface area contributed by atoms with Gasteiger partial charge in [0.25, 0.3) is 13.1 Å². The second-order valence-electron chi connectivity index (χ2n) is 17.1. The summed E-state index contributed by atoms with van der Waals surface area (Å²) in [7, 11) is -38.9. The van der Waals surface area contributed by atoms with Crippen LogP contribution in [0.3, 0.4) is 0 Å². The van der Waals surface area contributed by atoms with Gasteiger partial charge in [-0.2, -0.15) is 0 Å². The van der Waals surface area contributed by atoms with Crippen molar-refractivity contribution in [2.75, 3.05) is 13.1 Å². The average Bonchev–Trinajstić information content (AvgIpc) is 3.12. The fraction of sp³-hybridized carbons (Fsp3) is 1.00. The quantitative estimate of drug-likeness (QED) is 0.0201. The van der Waals surface area contributed by atoms with Gasteiger partial charge >= 0.3 is 45.6 Å². The van der Waals surface area contributed by atoms with Crippen molar-refractivity contribution >= 4 is 69.7 Å². The molecular weight excluding hydrogens is 1070 g/mol. The van der Waals surface area contributed by atoms with Gasteiger partial charge in [0.2, 0.25) is 21.1 Å². The molecule has 4 unspecified atom stereocenters. The molecule has 0 aliphatic rings. The topological polar surface area (TPSA) is 426 Å². The Morgan fingerprint density at radius 3 is 0.731 bits per heavy atom. The summed E-state index contributed by atoms with van der Waals surface area (Å²) in [5.74, 6) is 0. The van der Waals surface area contributed by atoms with E-state index in [4.69, 9.17) is 0 Å². The maximum atomic E-state index is 15.3. The number of unbranched alkanes of at least 4 members (excludes halogenated alkanes) is 18. The van der Waals surface area contributed by atoms with Crippen molar-refractivity contribution in [1.29, 1.82) is 0 Å². The molecule has 0 aliphatic carbocycles. The number of hydrogen-bond donors (Lipinski definition) is 14. The highest BCUT2D eigenvalue weighted by atomic mass is 33.1. The standard InChI is InChI=1S/C34H80N2O22P8S/c1-5-9-11-13-15-17-19-21-23-25-27-33(63(49,50)51,35(29-7-3)31(59(37,38)39)60(40,41)42)65(55,56)67-66(57,58)34(64(52,53)54,28-26-24-22-20-18-16-14-12-10-6-2)36(30-8-4)32(61(43,44)45)62(46,47)48/h31-32H,5-30H2,1-4H3,(H,55,56)(H,57,58)(H2,37,38,39)(H2,40,41,42)(H2,43,44,45)(H2,46,47,48)(H2,49,50,51)(H2,52,53,54). The van der Waals surface area contributed by atoms with Crippen LogP contribution < -0.4 is 0 Å². The lowest BCUT2D eigenvalue weighted by Gasteiger charge is -2.51. The Labute approximate surface area is 399 Å². The first-order chi connectivity index (χ1) is 30.5. The minimum atomic E-state index is -6.81. The minimum Gasteiger partial charge on any atom is -0.335 e. The molecule has 0 aromatic heterocycles. The molecule has 33 heteroatoms. The van der Waals surface area contributed by atoms with Crippen molar-refractivity contribution in [3.8, 4) is 0 Å². The molecule has 0 saturated carbocycles. The molecule has 0 saturated heterocycles. The van der Waals surface area contributed by atoms with Crippen LogP contribution in [0.5, 0.6) is 0 Å². The van der Waals surface area contributed by atoms with E-state index in [0.29, 0.717) is 38.5 Å². The van der Waals surface area contributed by atoms with Gasteiger partial charge in [-0.15, -0.1) is 0 Å². The van der Waals surface area contributed by atoms with Gasteiger partial charge in [0.15, 0.2) is 0 Å². The van der Waals surface area contributed by atoms with Crippen LogP contribution in [-0.2, 0) is 36.5 Å². The Balaban J connectivity index is 8.30. The van der Waals surface area contributed by atoms with E-state index in [2.05, 4.69) is 0 Å². The normalized spacial score (nSPS) is 17.5. The molecule has 0 aromatic carbocycles. The van der Waals surface area contributed by atoms with Gasteiger partial charge in [-0.05, 0) is 25.7 Å². The third-order valence-corrected chi connectivity index (χ3v) is 35.7. The maximum absolute atomic E-state index is 15.3. The van der Waals surface area contributed by atoms with Gasteiger partial charge < -0.3 is 68.5 Å². The van der Waals surface area contributed by atoms with Crippen LogP contribution in [0.2, 0.25) is 0 Å². The van der Waals surface area contributed by atoms with Gasteiger partial charge in [-0.1, -0.05) is 156 Å². The second-order valence-corrected chi connectivity index (χ2v) is 37.6. The smallest absolute Gasteiger partial charge is 0.335 e. The van der Waals surface area contributed by atoms with E-state index in [1.165, 1.54) is 13.8 Å². The van der Waals surface area contributed by atoms with Crippen LogP contribution in [0.25, 0.3) is 0 Å². The predicted octanol–water partition coefficient (Wildman–Crippen LogP) is 9.08. The van der Waals surface area contributed by atoms with Gasteiger partial charge in [-0.25, -0.2) is 0 Å². The molecule has 67 heavy (non-hydrogen) atoms. The van der Waals surface area contributed by atoms with E-state index in [1.54, 1.807) is 0 Å². The Bertz CT molecular complexity index is 1690. The SMILES string of the molecule is CCCCCCCCCCCCC(N(CCC)C(P(=O)(O)O)P(=O)(O)O)(P(=O)(O)O)P(=O)(O)SP(=O)(O)C(CCCCCCCCCCCC)(N(CCC)C(P(=O)(O)O)P(=O)(O)O)P(=O)(O)O. The molecule has 0 bridgehead atoms. The first-order valence-electron chi connectivity index (χ1n) is 22.7. The van der Waals surface area contributed by atoms with E-state index in [1.807, 2.05) is 13.8 Å². The van der Waals surface area contributed by atoms with Crippen LogP contribution in [0.15, 0.2) is 0 Å². The highest BCUT2D eigenvalue weighted by Crippen LogP contribution is 2.93. The average molecular weight is 1150 g/mol. The van der Waals surface area contributed by atoms with Crippen molar-refractivity contribution in [2.45, 2.75) is 203 Å². The predicted molar refractivity (Wildman–Crippen MR) is 259 cm³/mol. The molecule has 0 spiro atoms. The second kappa shape index (κ2) is 29.6. The van der Waals surface area contributed by atoms with E-state index < -0.39 is 142 Å². The summed E-state index contributed by atoms with van der Waals surface area (Å²) in [5, 5.41) is -8.32. The van der Waals surface area contributed by atoms with Crippen molar-refractivity contribution in [2.24, 2.45) is 0 Å². The zero-order valence-electron chi connectivity index (χ0n) is 38.9. The van der Waals surface area contributed by atoms with E-state index in [9.17, 15) is 95.9 Å². The van der Waals surface area contributed by atoms with Gasteiger partial charge in [0, 0.05) is 24.1 Å². The molecule has 0 fully saturated rings. The number of hydrogen-bond acceptors (Lipinski definition) is 11. The fourth-order valence-electron chi connectivity index (χ4n) is 8.39. The lowest BCUT2D eigenvalue weighted by molar-refractivity contribution is 0.147. The molecule has 404 valence electrons. The molecule has 14 N–H and O–H groups in total. The summed E-state index contributed by atoms with van der Waals surface area (Å²) in [6.45, 7) is -9.60. The zero-order chi connectivity index (χ0) is 52.4. The Hall–Kier alpha value is 1.55. The number of rotatable bonds is 40. The Kier molecular flexibility index (Phi) is 30.3. The number of nitrogens with zero attached hydrogens (tertiary/aromatic N) is 2. The molecule has 0 aromatic rings. The summed E-state index contributed by atoms with van der Waals surface area (Å²) in [4.78, 5) is 152. The first kappa shape index (κ1) is 68.6. The molecule has 24 nitrogen and oxygen atoms in total. The van der Waals surface area contributed by atoms with Gasteiger partial charge in [-0.3, -0.25) is 46.3 Å². The zero-order valence-corrected chi connectivity index (χ0v) is 46.9. The van der Waals surface area contributed by atoms with Crippen LogP contribution >= 0.6 is 69.7 Å². The molecule has 4 atom stereocenters.